The highest BCUT2D eigenvalue weighted by Gasteiger charge is 2.11. The van der Waals surface area contributed by atoms with Crippen molar-refractivity contribution in [2.75, 3.05) is 5.32 Å². The van der Waals surface area contributed by atoms with Gasteiger partial charge in [0.25, 0.3) is 5.91 Å². The van der Waals surface area contributed by atoms with E-state index in [-0.39, 0.29) is 5.56 Å². The van der Waals surface area contributed by atoms with Gasteiger partial charge in [-0.15, -0.1) is 0 Å². The van der Waals surface area contributed by atoms with Crippen molar-refractivity contribution in [3.05, 3.63) is 65.2 Å². The first kappa shape index (κ1) is 13.7. The Morgan fingerprint density at radius 1 is 1.11 bits per heavy atom. The number of hydrogen-bond acceptors (Lipinski definition) is 1. The first-order valence-corrected chi connectivity index (χ1v) is 6.64. The Hall–Kier alpha value is -1.75. The molecule has 0 bridgehead atoms. The molecule has 0 saturated heterocycles. The SMILES string of the molecule is O=C(Nc1ccccc1CBr)c1ccc(F)c(F)c1. The monoisotopic (exact) mass is 325 g/mol. The lowest BCUT2D eigenvalue weighted by Gasteiger charge is -2.09. The molecule has 0 aliphatic carbocycles. The summed E-state index contributed by atoms with van der Waals surface area (Å²) < 4.78 is 25.9. The van der Waals surface area contributed by atoms with Gasteiger partial charge in [-0.25, -0.2) is 8.78 Å². The lowest BCUT2D eigenvalue weighted by Crippen LogP contribution is -2.13. The molecule has 19 heavy (non-hydrogen) atoms. The zero-order valence-corrected chi connectivity index (χ0v) is 11.4. The highest BCUT2D eigenvalue weighted by molar-refractivity contribution is 9.08. The second-order valence-corrected chi connectivity index (χ2v) is 4.43. The van der Waals surface area contributed by atoms with Crippen molar-refractivity contribution < 1.29 is 13.6 Å². The van der Waals surface area contributed by atoms with Gasteiger partial charge in [0.05, 0.1) is 0 Å². The molecule has 0 saturated carbocycles. The van der Waals surface area contributed by atoms with Crippen LogP contribution in [-0.4, -0.2) is 5.91 Å². The van der Waals surface area contributed by atoms with Crippen LogP contribution in [0.15, 0.2) is 42.5 Å². The zero-order chi connectivity index (χ0) is 13.8. The highest BCUT2D eigenvalue weighted by atomic mass is 79.9. The van der Waals surface area contributed by atoms with Crippen molar-refractivity contribution in [2.24, 2.45) is 0 Å². The molecule has 0 atom stereocenters. The van der Waals surface area contributed by atoms with E-state index in [2.05, 4.69) is 21.2 Å². The normalized spacial score (nSPS) is 10.3. The van der Waals surface area contributed by atoms with Crippen LogP contribution >= 0.6 is 15.9 Å². The van der Waals surface area contributed by atoms with Gasteiger partial charge >= 0.3 is 0 Å². The van der Waals surface area contributed by atoms with E-state index in [0.29, 0.717) is 11.0 Å². The van der Waals surface area contributed by atoms with E-state index in [1.54, 1.807) is 12.1 Å². The molecule has 2 rings (SSSR count). The Morgan fingerprint density at radius 3 is 2.53 bits per heavy atom. The van der Waals surface area contributed by atoms with E-state index in [9.17, 15) is 13.6 Å². The van der Waals surface area contributed by atoms with Crippen LogP contribution in [0.5, 0.6) is 0 Å². The van der Waals surface area contributed by atoms with Gasteiger partial charge < -0.3 is 5.32 Å². The average Bonchev–Trinajstić information content (AvgIpc) is 2.42. The third-order valence-electron chi connectivity index (χ3n) is 2.59. The molecule has 5 heteroatoms. The number of carbonyl (C=O) groups excluding carboxylic acids is 1. The minimum absolute atomic E-state index is 0.0725. The zero-order valence-electron chi connectivity index (χ0n) is 9.79. The second kappa shape index (κ2) is 5.93. The van der Waals surface area contributed by atoms with Crippen molar-refractivity contribution in [1.82, 2.24) is 0 Å². The summed E-state index contributed by atoms with van der Waals surface area (Å²) in [5.74, 6) is -2.49. The predicted octanol–water partition coefficient (Wildman–Crippen LogP) is 4.11. The summed E-state index contributed by atoms with van der Waals surface area (Å²) in [4.78, 5) is 11.9. The maximum absolute atomic E-state index is 13.1. The Kier molecular flexibility index (Phi) is 4.27. The van der Waals surface area contributed by atoms with Gasteiger partial charge in [-0.05, 0) is 29.8 Å². The van der Waals surface area contributed by atoms with Crippen molar-refractivity contribution in [1.29, 1.82) is 0 Å². The Bertz CT molecular complexity index is 616. The summed E-state index contributed by atoms with van der Waals surface area (Å²) in [7, 11) is 0. The Labute approximate surface area is 117 Å². The molecule has 0 heterocycles. The number of hydrogen-bond donors (Lipinski definition) is 1. The number of alkyl halides is 1. The predicted molar refractivity (Wildman–Crippen MR) is 73.4 cm³/mol. The van der Waals surface area contributed by atoms with Crippen LogP contribution in [0.1, 0.15) is 15.9 Å². The summed E-state index contributed by atoms with van der Waals surface area (Å²) in [5.41, 5.74) is 1.61. The molecular weight excluding hydrogens is 316 g/mol. The molecule has 0 fully saturated rings. The van der Waals surface area contributed by atoms with Crippen LogP contribution in [-0.2, 0) is 5.33 Å². The van der Waals surface area contributed by atoms with Gasteiger partial charge in [0, 0.05) is 16.6 Å². The van der Waals surface area contributed by atoms with E-state index < -0.39 is 17.5 Å². The van der Waals surface area contributed by atoms with Crippen LogP contribution in [0.2, 0.25) is 0 Å². The summed E-state index contributed by atoms with van der Waals surface area (Å²) in [5, 5.41) is 3.25. The number of carbonyl (C=O) groups is 1. The van der Waals surface area contributed by atoms with Crippen LogP contribution < -0.4 is 5.32 Å². The fourth-order valence-electron chi connectivity index (χ4n) is 1.59. The highest BCUT2D eigenvalue weighted by Crippen LogP contribution is 2.19. The molecule has 2 nitrogen and oxygen atoms in total. The summed E-state index contributed by atoms with van der Waals surface area (Å²) >= 11 is 3.31. The molecule has 0 aliphatic heterocycles. The van der Waals surface area contributed by atoms with E-state index in [0.717, 1.165) is 17.7 Å². The minimum atomic E-state index is -1.04. The number of benzene rings is 2. The Morgan fingerprint density at radius 2 is 1.84 bits per heavy atom. The molecule has 1 N–H and O–H groups in total. The quantitative estimate of drug-likeness (QED) is 0.845. The topological polar surface area (TPSA) is 29.1 Å². The number of halogens is 3. The van der Waals surface area contributed by atoms with Crippen LogP contribution in [0, 0.1) is 11.6 Å². The third kappa shape index (κ3) is 3.17. The fourth-order valence-corrected chi connectivity index (χ4v) is 2.08. The van der Waals surface area contributed by atoms with Gasteiger partial charge in [-0.2, -0.15) is 0 Å². The first-order chi connectivity index (χ1) is 9.11. The van der Waals surface area contributed by atoms with Crippen LogP contribution in [0.3, 0.4) is 0 Å². The lowest BCUT2D eigenvalue weighted by atomic mass is 10.1. The van der Waals surface area contributed by atoms with E-state index in [1.165, 1.54) is 6.07 Å². The van der Waals surface area contributed by atoms with Gasteiger partial charge in [-0.3, -0.25) is 4.79 Å². The molecule has 2 aromatic rings. The minimum Gasteiger partial charge on any atom is -0.322 e. The molecule has 0 unspecified atom stereocenters. The number of rotatable bonds is 3. The van der Waals surface area contributed by atoms with Crippen molar-refractivity contribution in [2.45, 2.75) is 5.33 Å². The number of amides is 1. The first-order valence-electron chi connectivity index (χ1n) is 5.52. The molecule has 0 aliphatic rings. The largest absolute Gasteiger partial charge is 0.322 e. The van der Waals surface area contributed by atoms with Crippen molar-refractivity contribution >= 4 is 27.5 Å². The molecule has 0 spiro atoms. The van der Waals surface area contributed by atoms with Gasteiger partial charge in [-0.1, -0.05) is 34.1 Å². The Balaban J connectivity index is 2.23. The van der Waals surface area contributed by atoms with Crippen molar-refractivity contribution in [3.8, 4) is 0 Å². The maximum Gasteiger partial charge on any atom is 0.255 e. The molecular formula is C14H10BrF2NO. The smallest absolute Gasteiger partial charge is 0.255 e. The number of anilines is 1. The molecule has 0 aromatic heterocycles. The maximum atomic E-state index is 13.1. The van der Waals surface area contributed by atoms with E-state index >= 15 is 0 Å². The van der Waals surface area contributed by atoms with Gasteiger partial charge in [0.15, 0.2) is 11.6 Å². The average molecular weight is 326 g/mol. The molecule has 2 aromatic carbocycles. The van der Waals surface area contributed by atoms with Crippen LogP contribution in [0.4, 0.5) is 14.5 Å². The van der Waals surface area contributed by atoms with Gasteiger partial charge in [0.2, 0.25) is 0 Å². The lowest BCUT2D eigenvalue weighted by molar-refractivity contribution is 0.102. The summed E-state index contributed by atoms with van der Waals surface area (Å²) in [6.07, 6.45) is 0. The van der Waals surface area contributed by atoms with E-state index in [1.807, 2.05) is 12.1 Å². The standard InChI is InChI=1S/C14H10BrF2NO/c15-8-10-3-1-2-4-13(10)18-14(19)9-5-6-11(16)12(17)7-9/h1-7H,8H2,(H,18,19). The van der Waals surface area contributed by atoms with Crippen LogP contribution in [0.25, 0.3) is 0 Å². The molecule has 98 valence electrons. The molecule has 0 radical (unpaired) electrons. The molecule has 1 amide bonds. The van der Waals surface area contributed by atoms with E-state index in [4.69, 9.17) is 0 Å². The summed E-state index contributed by atoms with van der Waals surface area (Å²) in [6, 6.07) is 10.3. The van der Waals surface area contributed by atoms with Crippen molar-refractivity contribution in [3.63, 3.8) is 0 Å². The van der Waals surface area contributed by atoms with Gasteiger partial charge in [0.1, 0.15) is 0 Å². The number of para-hydroxylation sites is 1. The third-order valence-corrected chi connectivity index (χ3v) is 3.20. The fraction of sp³-hybridized carbons (Fsp3) is 0.0714. The second-order valence-electron chi connectivity index (χ2n) is 3.87. The summed E-state index contributed by atoms with van der Waals surface area (Å²) in [6.45, 7) is 0. The number of nitrogens with one attached hydrogen (secondary N) is 1.